The minimum absolute atomic E-state index is 0.104. The van der Waals surface area contributed by atoms with Gasteiger partial charge >= 0.3 is 0 Å². The Kier molecular flexibility index (Phi) is 5.65. The second-order valence-electron chi connectivity index (χ2n) is 3.63. The van der Waals surface area contributed by atoms with Gasteiger partial charge in [0.25, 0.3) is 5.91 Å². The van der Waals surface area contributed by atoms with Crippen LogP contribution in [0.25, 0.3) is 0 Å². The van der Waals surface area contributed by atoms with Crippen LogP contribution in [0.3, 0.4) is 0 Å². The second kappa shape index (κ2) is 7.01. The molecule has 0 aliphatic heterocycles. The quantitative estimate of drug-likeness (QED) is 0.755. The minimum atomic E-state index is -0.104. The van der Waals surface area contributed by atoms with Crippen molar-refractivity contribution in [3.8, 4) is 5.75 Å². The van der Waals surface area contributed by atoms with E-state index in [1.807, 2.05) is 6.07 Å². The molecule has 0 aliphatic carbocycles. The molecule has 1 aromatic rings. The normalized spacial score (nSPS) is 9.67. The van der Waals surface area contributed by atoms with Crippen molar-refractivity contribution in [2.24, 2.45) is 0 Å². The third-order valence-electron chi connectivity index (χ3n) is 2.38. The van der Waals surface area contributed by atoms with Crippen molar-refractivity contribution in [3.63, 3.8) is 0 Å². The summed E-state index contributed by atoms with van der Waals surface area (Å²) in [6, 6.07) is 5.35. The first-order valence-corrected chi connectivity index (χ1v) is 6.28. The van der Waals surface area contributed by atoms with Crippen LogP contribution in [0, 0.1) is 0 Å². The van der Waals surface area contributed by atoms with Gasteiger partial charge in [-0.25, -0.2) is 0 Å². The molecule has 0 fully saturated rings. The van der Waals surface area contributed by atoms with Gasteiger partial charge in [-0.2, -0.15) is 0 Å². The summed E-state index contributed by atoms with van der Waals surface area (Å²) in [6.07, 6.45) is 3.37. The first-order valence-electron chi connectivity index (χ1n) is 5.48. The number of hydrogen-bond donors (Lipinski definition) is 0. The Labute approximate surface area is 116 Å². The van der Waals surface area contributed by atoms with E-state index in [-0.39, 0.29) is 5.91 Å². The van der Waals surface area contributed by atoms with Crippen molar-refractivity contribution in [1.29, 1.82) is 0 Å². The molecule has 18 heavy (non-hydrogen) atoms. The fourth-order valence-electron chi connectivity index (χ4n) is 1.57. The Morgan fingerprint density at radius 3 is 2.50 bits per heavy atom. The molecule has 3 nitrogen and oxygen atoms in total. The molecule has 0 saturated carbocycles. The highest BCUT2D eigenvalue weighted by Gasteiger charge is 2.18. The van der Waals surface area contributed by atoms with E-state index in [1.54, 1.807) is 36.3 Å². The molecule has 0 aromatic heterocycles. The maximum Gasteiger partial charge on any atom is 0.258 e. The van der Waals surface area contributed by atoms with Crippen LogP contribution in [0.4, 0.5) is 0 Å². The van der Waals surface area contributed by atoms with Crippen molar-refractivity contribution >= 4 is 21.8 Å². The van der Waals surface area contributed by atoms with E-state index in [0.29, 0.717) is 24.4 Å². The first kappa shape index (κ1) is 14.5. The van der Waals surface area contributed by atoms with Crippen molar-refractivity contribution in [2.75, 3.05) is 20.2 Å². The number of methoxy groups -OCH3 is 1. The number of ether oxygens (including phenoxy) is 1. The molecule has 0 spiro atoms. The largest absolute Gasteiger partial charge is 0.496 e. The van der Waals surface area contributed by atoms with E-state index < -0.39 is 0 Å². The highest BCUT2D eigenvalue weighted by atomic mass is 79.9. The Balaban J connectivity index is 3.09. The topological polar surface area (TPSA) is 29.5 Å². The van der Waals surface area contributed by atoms with Gasteiger partial charge in [-0.3, -0.25) is 4.79 Å². The molecule has 1 rings (SSSR count). The number of amides is 1. The van der Waals surface area contributed by atoms with E-state index in [1.165, 1.54) is 0 Å². The maximum absolute atomic E-state index is 12.4. The number of nitrogens with zero attached hydrogens (tertiary/aromatic N) is 1. The number of rotatable bonds is 6. The molecule has 1 aromatic carbocycles. The standard InChI is InChI=1S/C14H16BrNO2/c1-4-8-16(9-5-2)14(17)12-10-11(15)6-7-13(12)18-3/h4-7,10H,1-2,8-9H2,3H3. The Bertz CT molecular complexity index is 447. The van der Waals surface area contributed by atoms with Crippen molar-refractivity contribution < 1.29 is 9.53 Å². The molecular weight excluding hydrogens is 294 g/mol. The lowest BCUT2D eigenvalue weighted by Crippen LogP contribution is -2.31. The van der Waals surface area contributed by atoms with E-state index in [2.05, 4.69) is 29.1 Å². The zero-order valence-corrected chi connectivity index (χ0v) is 11.9. The maximum atomic E-state index is 12.4. The predicted molar refractivity (Wildman–Crippen MR) is 77.0 cm³/mol. The lowest BCUT2D eigenvalue weighted by Gasteiger charge is -2.20. The molecule has 0 aliphatic rings. The highest BCUT2D eigenvalue weighted by molar-refractivity contribution is 9.10. The summed E-state index contributed by atoms with van der Waals surface area (Å²) in [6.45, 7) is 8.25. The fourth-order valence-corrected chi connectivity index (χ4v) is 1.93. The van der Waals surface area contributed by atoms with Crippen LogP contribution >= 0.6 is 15.9 Å². The number of hydrogen-bond acceptors (Lipinski definition) is 2. The van der Waals surface area contributed by atoms with Gasteiger partial charge in [0.1, 0.15) is 5.75 Å². The van der Waals surface area contributed by atoms with Crippen LogP contribution in [-0.2, 0) is 0 Å². The molecule has 0 atom stereocenters. The average molecular weight is 310 g/mol. The molecule has 0 radical (unpaired) electrons. The van der Waals surface area contributed by atoms with E-state index in [0.717, 1.165) is 4.47 Å². The number of carbonyl (C=O) groups excluding carboxylic acids is 1. The third-order valence-corrected chi connectivity index (χ3v) is 2.87. The molecule has 0 heterocycles. The Morgan fingerprint density at radius 2 is 2.00 bits per heavy atom. The molecule has 0 unspecified atom stereocenters. The fraction of sp³-hybridized carbons (Fsp3) is 0.214. The monoisotopic (exact) mass is 309 g/mol. The van der Waals surface area contributed by atoms with Crippen molar-refractivity contribution in [1.82, 2.24) is 4.90 Å². The van der Waals surface area contributed by atoms with E-state index >= 15 is 0 Å². The Hall–Kier alpha value is -1.55. The van der Waals surface area contributed by atoms with Gasteiger partial charge in [0.2, 0.25) is 0 Å². The van der Waals surface area contributed by atoms with Gasteiger partial charge in [-0.15, -0.1) is 13.2 Å². The van der Waals surface area contributed by atoms with Gasteiger partial charge < -0.3 is 9.64 Å². The zero-order valence-electron chi connectivity index (χ0n) is 10.4. The molecule has 1 amide bonds. The molecule has 0 bridgehead atoms. The van der Waals surface area contributed by atoms with Crippen molar-refractivity contribution in [3.05, 3.63) is 53.5 Å². The highest BCUT2D eigenvalue weighted by Crippen LogP contribution is 2.24. The second-order valence-corrected chi connectivity index (χ2v) is 4.55. The van der Waals surface area contributed by atoms with Crippen LogP contribution < -0.4 is 4.74 Å². The summed E-state index contributed by atoms with van der Waals surface area (Å²) in [7, 11) is 1.55. The summed E-state index contributed by atoms with van der Waals surface area (Å²) in [4.78, 5) is 14.0. The van der Waals surface area contributed by atoms with Gasteiger partial charge in [0.15, 0.2) is 0 Å². The smallest absolute Gasteiger partial charge is 0.258 e. The van der Waals surface area contributed by atoms with Gasteiger partial charge in [-0.1, -0.05) is 28.1 Å². The van der Waals surface area contributed by atoms with Crippen LogP contribution in [0.15, 0.2) is 48.0 Å². The SMILES string of the molecule is C=CCN(CC=C)C(=O)c1cc(Br)ccc1OC. The summed E-state index contributed by atoms with van der Waals surface area (Å²) in [5, 5.41) is 0. The van der Waals surface area contributed by atoms with Crippen LogP contribution in [-0.4, -0.2) is 31.0 Å². The summed E-state index contributed by atoms with van der Waals surface area (Å²) >= 11 is 3.35. The van der Waals surface area contributed by atoms with Gasteiger partial charge in [0, 0.05) is 17.6 Å². The van der Waals surface area contributed by atoms with Crippen LogP contribution in [0.2, 0.25) is 0 Å². The molecular formula is C14H16BrNO2. The van der Waals surface area contributed by atoms with Crippen LogP contribution in [0.5, 0.6) is 5.75 Å². The molecule has 96 valence electrons. The predicted octanol–water partition coefficient (Wildman–Crippen LogP) is 3.27. The number of benzene rings is 1. The lowest BCUT2D eigenvalue weighted by atomic mass is 10.1. The van der Waals surface area contributed by atoms with Gasteiger partial charge in [0.05, 0.1) is 12.7 Å². The van der Waals surface area contributed by atoms with E-state index in [9.17, 15) is 4.79 Å². The molecule has 0 N–H and O–H groups in total. The van der Waals surface area contributed by atoms with Crippen LogP contribution in [0.1, 0.15) is 10.4 Å². The summed E-state index contributed by atoms with van der Waals surface area (Å²) in [5.41, 5.74) is 0.524. The molecule has 4 heteroatoms. The zero-order chi connectivity index (χ0) is 13.5. The van der Waals surface area contributed by atoms with Gasteiger partial charge in [-0.05, 0) is 18.2 Å². The first-order chi connectivity index (χ1) is 8.63. The summed E-state index contributed by atoms with van der Waals surface area (Å²) < 4.78 is 6.04. The van der Waals surface area contributed by atoms with E-state index in [4.69, 9.17) is 4.74 Å². The lowest BCUT2D eigenvalue weighted by molar-refractivity contribution is 0.0787. The minimum Gasteiger partial charge on any atom is -0.496 e. The Morgan fingerprint density at radius 1 is 1.39 bits per heavy atom. The van der Waals surface area contributed by atoms with Crippen molar-refractivity contribution in [2.45, 2.75) is 0 Å². The average Bonchev–Trinajstić information content (AvgIpc) is 2.37. The number of halogens is 1. The molecule has 0 saturated heterocycles. The number of carbonyl (C=O) groups is 1. The third kappa shape index (κ3) is 3.47. The summed E-state index contributed by atoms with van der Waals surface area (Å²) in [5.74, 6) is 0.453.